The van der Waals surface area contributed by atoms with E-state index in [0.717, 1.165) is 24.0 Å². The van der Waals surface area contributed by atoms with Crippen molar-refractivity contribution in [1.29, 1.82) is 0 Å². The van der Waals surface area contributed by atoms with Gasteiger partial charge < -0.3 is 16.6 Å². The van der Waals surface area contributed by atoms with E-state index >= 15 is 0 Å². The highest BCUT2D eigenvalue weighted by Crippen LogP contribution is 2.42. The molecule has 0 heterocycles. The van der Waals surface area contributed by atoms with Gasteiger partial charge in [-0.25, -0.2) is 0 Å². The Kier molecular flexibility index (Phi) is 3.80. The Labute approximate surface area is 113 Å². The van der Waals surface area contributed by atoms with Gasteiger partial charge in [0.25, 0.3) is 0 Å². The van der Waals surface area contributed by atoms with E-state index in [2.05, 4.69) is 0 Å². The highest BCUT2D eigenvalue weighted by molar-refractivity contribution is 5.75. The number of nitrogen functional groups attached to an aromatic ring is 1. The molecule has 1 atom stereocenters. The van der Waals surface area contributed by atoms with E-state index in [1.165, 1.54) is 0 Å². The van der Waals surface area contributed by atoms with Gasteiger partial charge in [0.15, 0.2) is 0 Å². The van der Waals surface area contributed by atoms with Crippen LogP contribution in [0.5, 0.6) is 0 Å². The molecular formula is C15H22N2O2. The summed E-state index contributed by atoms with van der Waals surface area (Å²) in [4.78, 5) is 11.7. The first kappa shape index (κ1) is 13.9. The predicted molar refractivity (Wildman–Crippen MR) is 75.8 cm³/mol. The molecule has 2 rings (SSSR count). The Hall–Kier alpha value is -1.55. The molecule has 1 aliphatic rings. The molecule has 5 N–H and O–H groups in total. The number of anilines is 1. The topological polar surface area (TPSA) is 89.3 Å². The number of rotatable bonds is 6. The standard InChI is InChI=1S/C15H22N2O2/c1-10-12(3-2-4-13(10)17)8-15(9-16,14(18)19)7-11-5-6-11/h2-4,11H,5-9,16-17H2,1H3,(H,18,19). The zero-order valence-electron chi connectivity index (χ0n) is 11.4. The van der Waals surface area contributed by atoms with Crippen LogP contribution in [0.4, 0.5) is 5.69 Å². The van der Waals surface area contributed by atoms with Gasteiger partial charge in [0.2, 0.25) is 0 Å². The van der Waals surface area contributed by atoms with Gasteiger partial charge in [0, 0.05) is 12.2 Å². The smallest absolute Gasteiger partial charge is 0.311 e. The van der Waals surface area contributed by atoms with E-state index in [1.807, 2.05) is 25.1 Å². The predicted octanol–water partition coefficient (Wildman–Crippen LogP) is 1.95. The summed E-state index contributed by atoms with van der Waals surface area (Å²) in [5.74, 6) is -0.260. The summed E-state index contributed by atoms with van der Waals surface area (Å²) >= 11 is 0. The third kappa shape index (κ3) is 2.89. The second-order valence-corrected chi connectivity index (χ2v) is 5.75. The molecule has 1 aromatic carbocycles. The van der Waals surface area contributed by atoms with Crippen LogP contribution in [-0.2, 0) is 11.2 Å². The third-order valence-electron chi connectivity index (χ3n) is 4.24. The second kappa shape index (κ2) is 5.21. The van der Waals surface area contributed by atoms with Crippen LogP contribution in [-0.4, -0.2) is 17.6 Å². The first-order valence-corrected chi connectivity index (χ1v) is 6.76. The summed E-state index contributed by atoms with van der Waals surface area (Å²) in [6.07, 6.45) is 3.40. The number of carboxylic acids is 1. The number of nitrogens with two attached hydrogens (primary N) is 2. The van der Waals surface area contributed by atoms with Crippen molar-refractivity contribution in [1.82, 2.24) is 0 Å². The van der Waals surface area contributed by atoms with Crippen molar-refractivity contribution in [2.45, 2.75) is 32.6 Å². The average molecular weight is 262 g/mol. The Morgan fingerprint density at radius 2 is 2.16 bits per heavy atom. The first-order chi connectivity index (χ1) is 8.98. The highest BCUT2D eigenvalue weighted by atomic mass is 16.4. The summed E-state index contributed by atoms with van der Waals surface area (Å²) < 4.78 is 0. The molecule has 0 radical (unpaired) electrons. The van der Waals surface area contributed by atoms with Crippen LogP contribution in [0.25, 0.3) is 0 Å². The first-order valence-electron chi connectivity index (χ1n) is 6.76. The average Bonchev–Trinajstić information content (AvgIpc) is 3.17. The summed E-state index contributed by atoms with van der Waals surface area (Å²) in [6.45, 7) is 2.11. The molecule has 0 aromatic heterocycles. The monoisotopic (exact) mass is 262 g/mol. The van der Waals surface area contributed by atoms with E-state index in [0.29, 0.717) is 24.4 Å². The molecule has 1 saturated carbocycles. The Morgan fingerprint density at radius 1 is 1.47 bits per heavy atom. The van der Waals surface area contributed by atoms with Gasteiger partial charge in [-0.15, -0.1) is 0 Å². The molecule has 104 valence electrons. The molecule has 1 fully saturated rings. The molecule has 0 aliphatic heterocycles. The lowest BCUT2D eigenvalue weighted by atomic mass is 9.76. The van der Waals surface area contributed by atoms with Crippen molar-refractivity contribution in [2.24, 2.45) is 17.1 Å². The van der Waals surface area contributed by atoms with Crippen LogP contribution in [0, 0.1) is 18.3 Å². The quantitative estimate of drug-likeness (QED) is 0.683. The van der Waals surface area contributed by atoms with E-state index < -0.39 is 11.4 Å². The summed E-state index contributed by atoms with van der Waals surface area (Å²) in [6, 6.07) is 5.66. The molecule has 4 nitrogen and oxygen atoms in total. The van der Waals surface area contributed by atoms with E-state index in [9.17, 15) is 9.90 Å². The molecule has 4 heteroatoms. The van der Waals surface area contributed by atoms with Gasteiger partial charge in [-0.2, -0.15) is 0 Å². The molecule has 0 saturated heterocycles. The molecule has 0 amide bonds. The van der Waals surface area contributed by atoms with Crippen molar-refractivity contribution in [3.8, 4) is 0 Å². The van der Waals surface area contributed by atoms with Crippen LogP contribution in [0.15, 0.2) is 18.2 Å². The SMILES string of the molecule is Cc1c(N)cccc1CC(CN)(CC1CC1)C(=O)O. The number of carboxylic acid groups (broad SMARTS) is 1. The van der Waals surface area contributed by atoms with Crippen molar-refractivity contribution < 1.29 is 9.90 Å². The number of hydrogen-bond donors (Lipinski definition) is 3. The van der Waals surface area contributed by atoms with Gasteiger partial charge >= 0.3 is 5.97 Å². The Morgan fingerprint density at radius 3 is 2.68 bits per heavy atom. The Balaban J connectivity index is 2.28. The number of hydrogen-bond acceptors (Lipinski definition) is 3. The number of carbonyl (C=O) groups is 1. The van der Waals surface area contributed by atoms with Gasteiger partial charge in [-0.3, -0.25) is 4.79 Å². The van der Waals surface area contributed by atoms with Crippen LogP contribution in [0.1, 0.15) is 30.4 Å². The normalized spacial score (nSPS) is 18.0. The minimum absolute atomic E-state index is 0.174. The number of benzene rings is 1. The molecule has 1 unspecified atom stereocenters. The molecule has 0 bridgehead atoms. The van der Waals surface area contributed by atoms with Gasteiger partial charge in [0.1, 0.15) is 0 Å². The van der Waals surface area contributed by atoms with Crippen LogP contribution in [0.2, 0.25) is 0 Å². The maximum atomic E-state index is 11.7. The van der Waals surface area contributed by atoms with E-state index in [1.54, 1.807) is 0 Å². The molecule has 19 heavy (non-hydrogen) atoms. The van der Waals surface area contributed by atoms with Crippen LogP contribution >= 0.6 is 0 Å². The maximum Gasteiger partial charge on any atom is 0.311 e. The molecule has 1 aliphatic carbocycles. The summed E-state index contributed by atoms with van der Waals surface area (Å²) in [5.41, 5.74) is 13.5. The van der Waals surface area contributed by atoms with Crippen molar-refractivity contribution in [3.05, 3.63) is 29.3 Å². The zero-order valence-corrected chi connectivity index (χ0v) is 11.4. The van der Waals surface area contributed by atoms with E-state index in [-0.39, 0.29) is 6.54 Å². The van der Waals surface area contributed by atoms with Crippen molar-refractivity contribution >= 4 is 11.7 Å². The van der Waals surface area contributed by atoms with Crippen LogP contribution < -0.4 is 11.5 Å². The highest BCUT2D eigenvalue weighted by Gasteiger charge is 2.42. The molecule has 0 spiro atoms. The minimum atomic E-state index is -0.848. The van der Waals surface area contributed by atoms with Gasteiger partial charge in [0.05, 0.1) is 5.41 Å². The number of aliphatic carboxylic acids is 1. The fourth-order valence-corrected chi connectivity index (χ4v) is 2.61. The van der Waals surface area contributed by atoms with Crippen molar-refractivity contribution in [2.75, 3.05) is 12.3 Å². The minimum Gasteiger partial charge on any atom is -0.481 e. The van der Waals surface area contributed by atoms with Crippen molar-refractivity contribution in [3.63, 3.8) is 0 Å². The maximum absolute atomic E-state index is 11.7. The van der Waals surface area contributed by atoms with E-state index in [4.69, 9.17) is 11.5 Å². The third-order valence-corrected chi connectivity index (χ3v) is 4.24. The Bertz CT molecular complexity index is 483. The summed E-state index contributed by atoms with van der Waals surface area (Å²) in [5, 5.41) is 9.61. The largest absolute Gasteiger partial charge is 0.481 e. The van der Waals surface area contributed by atoms with Gasteiger partial charge in [-0.05, 0) is 42.9 Å². The zero-order chi connectivity index (χ0) is 14.0. The lowest BCUT2D eigenvalue weighted by molar-refractivity contribution is -0.149. The molecular weight excluding hydrogens is 240 g/mol. The summed E-state index contributed by atoms with van der Waals surface area (Å²) in [7, 11) is 0. The fourth-order valence-electron chi connectivity index (χ4n) is 2.61. The molecule has 1 aromatic rings. The lowest BCUT2D eigenvalue weighted by Crippen LogP contribution is -2.41. The van der Waals surface area contributed by atoms with Crippen LogP contribution in [0.3, 0.4) is 0 Å². The second-order valence-electron chi connectivity index (χ2n) is 5.75. The van der Waals surface area contributed by atoms with Gasteiger partial charge in [-0.1, -0.05) is 25.0 Å². The lowest BCUT2D eigenvalue weighted by Gasteiger charge is -2.29. The fraction of sp³-hybridized carbons (Fsp3) is 0.533.